The zero-order valence-electron chi connectivity index (χ0n) is 34.5. The molecular formula is C46H48N8O5S. The lowest BCUT2D eigenvalue weighted by molar-refractivity contribution is -0.138. The number of methoxy groups -OCH3 is 1. The van der Waals surface area contributed by atoms with Gasteiger partial charge < -0.3 is 35.1 Å². The van der Waals surface area contributed by atoms with Crippen molar-refractivity contribution in [3.05, 3.63) is 95.6 Å². The number of aromatic nitrogens is 4. The van der Waals surface area contributed by atoms with E-state index < -0.39 is 24.2 Å². The Morgan fingerprint density at radius 3 is 2.23 bits per heavy atom. The van der Waals surface area contributed by atoms with Crippen LogP contribution in [-0.4, -0.2) is 79.3 Å². The summed E-state index contributed by atoms with van der Waals surface area (Å²) >= 11 is 1.71. The van der Waals surface area contributed by atoms with Crippen LogP contribution in [0.3, 0.4) is 0 Å². The molecule has 7 aromatic rings. The number of ether oxygens (including phenoxy) is 1. The molecule has 14 heteroatoms. The molecule has 4 atom stereocenters. The number of fused-ring (bicyclic) bond motifs is 7. The number of alkyl carbamates (subject to hydrolysis) is 1. The van der Waals surface area contributed by atoms with Crippen LogP contribution in [0.25, 0.3) is 53.4 Å². The molecule has 9 rings (SSSR count). The minimum Gasteiger partial charge on any atom is -0.453 e. The lowest BCUT2D eigenvalue weighted by Gasteiger charge is -2.30. The lowest BCUT2D eigenvalue weighted by atomic mass is 10.0. The molecule has 3 aromatic heterocycles. The molecule has 1 saturated heterocycles. The summed E-state index contributed by atoms with van der Waals surface area (Å²) in [7, 11) is 1.29. The molecule has 0 unspecified atom stereocenters. The number of amides is 4. The number of rotatable bonds is 9. The van der Waals surface area contributed by atoms with Gasteiger partial charge in [0.15, 0.2) is 0 Å². The zero-order valence-corrected chi connectivity index (χ0v) is 35.3. The van der Waals surface area contributed by atoms with Crippen LogP contribution < -0.4 is 10.6 Å². The van der Waals surface area contributed by atoms with E-state index in [1.165, 1.54) is 14.0 Å². The van der Waals surface area contributed by atoms with Crippen LogP contribution in [0.4, 0.5) is 4.79 Å². The van der Waals surface area contributed by atoms with Crippen LogP contribution in [0.1, 0.15) is 82.3 Å². The molecule has 0 spiro atoms. The minimum absolute atomic E-state index is 0.0410. The van der Waals surface area contributed by atoms with Crippen molar-refractivity contribution in [2.75, 3.05) is 13.7 Å². The summed E-state index contributed by atoms with van der Waals surface area (Å²) in [6.45, 7) is 10.2. The number of carbonyl (C=O) groups is 4. The van der Waals surface area contributed by atoms with Crippen molar-refractivity contribution < 1.29 is 23.9 Å². The van der Waals surface area contributed by atoms with E-state index in [0.717, 1.165) is 83.2 Å². The Bertz CT molecular complexity index is 2840. The van der Waals surface area contributed by atoms with Gasteiger partial charge >= 0.3 is 6.09 Å². The normalized spacial score (nSPS) is 17.6. The van der Waals surface area contributed by atoms with Gasteiger partial charge in [0.2, 0.25) is 17.7 Å². The van der Waals surface area contributed by atoms with Gasteiger partial charge in [-0.1, -0.05) is 76.2 Å². The lowest BCUT2D eigenvalue weighted by Crippen LogP contribution is -2.50. The molecule has 4 N–H and O–H groups in total. The van der Waals surface area contributed by atoms with Crippen molar-refractivity contribution in [2.24, 2.45) is 11.8 Å². The molecule has 0 saturated carbocycles. The maximum Gasteiger partial charge on any atom is 0.407 e. The smallest absolute Gasteiger partial charge is 0.407 e. The van der Waals surface area contributed by atoms with Gasteiger partial charge in [0.25, 0.3) is 0 Å². The van der Waals surface area contributed by atoms with Gasteiger partial charge in [-0.15, -0.1) is 11.3 Å². The molecule has 5 heterocycles. The molecule has 2 aliphatic heterocycles. The van der Waals surface area contributed by atoms with Gasteiger partial charge in [0, 0.05) is 30.3 Å². The molecule has 0 radical (unpaired) electrons. The highest BCUT2D eigenvalue weighted by molar-refractivity contribution is 7.23. The SMILES string of the molecule is COC(=O)N[C@H](C(=O)N1Cc2ccccc2[C@H]1c1nc2ccc3cc(-c4cc5ccc6nc([C@@H]7CCCN7C(=O)[C@@H](NC(C)=O)C(C)C)[nH]c6c5s4)ccc3c2[nH]1)C(C)C. The first-order valence-electron chi connectivity index (χ1n) is 20.6. The van der Waals surface area contributed by atoms with E-state index in [-0.39, 0.29) is 35.6 Å². The maximum atomic E-state index is 14.2. The van der Waals surface area contributed by atoms with Gasteiger partial charge in [-0.05, 0) is 76.4 Å². The fourth-order valence-corrected chi connectivity index (χ4v) is 10.1. The summed E-state index contributed by atoms with van der Waals surface area (Å²) in [5, 5.41) is 8.78. The maximum absolute atomic E-state index is 14.2. The molecule has 4 aromatic carbocycles. The van der Waals surface area contributed by atoms with Crippen molar-refractivity contribution in [1.29, 1.82) is 0 Å². The van der Waals surface area contributed by atoms with E-state index in [1.807, 2.05) is 69.0 Å². The predicted octanol–water partition coefficient (Wildman–Crippen LogP) is 8.11. The van der Waals surface area contributed by atoms with Crippen molar-refractivity contribution in [2.45, 2.75) is 78.2 Å². The Morgan fingerprint density at radius 2 is 1.48 bits per heavy atom. The van der Waals surface area contributed by atoms with Crippen LogP contribution in [0.5, 0.6) is 0 Å². The standard InChI is InChI=1S/C46H48N8O5S/c1-23(2)36(47-25(5)55)44(56)53-19-9-12-34(53)42-48-33-18-15-28-21-35(60-41(28)39(33)51-42)27-13-16-30-26(20-27)14-17-32-38(30)50-43(49-32)40-31-11-8-7-10-29(31)22-54(40)45(57)37(24(3)4)52-46(58)59-6/h7-8,10-11,13-18,20-21,23-24,34,36-37,40H,9,12,19,22H2,1-6H3,(H,47,55)(H,48,51)(H,49,50)(H,52,58)/t34-,36-,37-,40-/m0/s1. The molecule has 0 bridgehead atoms. The molecule has 308 valence electrons. The first kappa shape index (κ1) is 39.2. The van der Waals surface area contributed by atoms with Crippen molar-refractivity contribution in [3.63, 3.8) is 0 Å². The van der Waals surface area contributed by atoms with E-state index in [0.29, 0.717) is 18.9 Å². The van der Waals surface area contributed by atoms with Crippen LogP contribution in [0.2, 0.25) is 0 Å². The number of hydrogen-bond acceptors (Lipinski definition) is 8. The van der Waals surface area contributed by atoms with E-state index >= 15 is 0 Å². The van der Waals surface area contributed by atoms with Gasteiger partial charge in [-0.25, -0.2) is 14.8 Å². The van der Waals surface area contributed by atoms with Gasteiger partial charge in [-0.3, -0.25) is 14.4 Å². The highest BCUT2D eigenvalue weighted by Crippen LogP contribution is 2.42. The second-order valence-electron chi connectivity index (χ2n) is 16.7. The van der Waals surface area contributed by atoms with E-state index in [1.54, 1.807) is 16.2 Å². The summed E-state index contributed by atoms with van der Waals surface area (Å²) < 4.78 is 5.95. The molecular weight excluding hydrogens is 777 g/mol. The van der Waals surface area contributed by atoms with Crippen LogP contribution >= 0.6 is 11.3 Å². The third kappa shape index (κ3) is 6.82. The number of nitrogens with zero attached hydrogens (tertiary/aromatic N) is 4. The topological polar surface area (TPSA) is 165 Å². The summed E-state index contributed by atoms with van der Waals surface area (Å²) in [6, 6.07) is 22.9. The Balaban J connectivity index is 1.03. The predicted molar refractivity (Wildman–Crippen MR) is 233 cm³/mol. The minimum atomic E-state index is -0.772. The zero-order chi connectivity index (χ0) is 42.0. The second-order valence-corrected chi connectivity index (χ2v) is 17.7. The first-order chi connectivity index (χ1) is 28.9. The van der Waals surface area contributed by atoms with Gasteiger partial charge in [0.05, 0.1) is 39.9 Å². The Kier molecular flexibility index (Phi) is 10.1. The van der Waals surface area contributed by atoms with E-state index in [9.17, 15) is 19.2 Å². The molecule has 4 amide bonds. The fourth-order valence-electron chi connectivity index (χ4n) is 9.00. The number of H-pyrrole nitrogens is 2. The quantitative estimate of drug-likeness (QED) is 0.114. The average molecular weight is 825 g/mol. The van der Waals surface area contributed by atoms with Crippen molar-refractivity contribution in [1.82, 2.24) is 40.4 Å². The number of thiophene rings is 1. The number of aromatic amines is 2. The van der Waals surface area contributed by atoms with E-state index in [2.05, 4.69) is 57.0 Å². The summed E-state index contributed by atoms with van der Waals surface area (Å²) in [6.07, 6.45) is 1.02. The highest BCUT2D eigenvalue weighted by atomic mass is 32.1. The summed E-state index contributed by atoms with van der Waals surface area (Å²) in [5.74, 6) is 0.729. The molecule has 13 nitrogen and oxygen atoms in total. The Labute approximate surface area is 350 Å². The van der Waals surface area contributed by atoms with Crippen molar-refractivity contribution in [3.8, 4) is 10.4 Å². The van der Waals surface area contributed by atoms with Crippen LogP contribution in [0.15, 0.2) is 72.8 Å². The number of carbonyl (C=O) groups excluding carboxylic acids is 4. The largest absolute Gasteiger partial charge is 0.453 e. The van der Waals surface area contributed by atoms with Crippen LogP contribution in [0, 0.1) is 11.8 Å². The molecule has 1 fully saturated rings. The summed E-state index contributed by atoms with van der Waals surface area (Å²) in [5.41, 5.74) is 6.61. The first-order valence-corrected chi connectivity index (χ1v) is 21.4. The van der Waals surface area contributed by atoms with Gasteiger partial charge in [-0.2, -0.15) is 0 Å². The Hall–Kier alpha value is -6.28. The molecule has 0 aliphatic carbocycles. The fraction of sp³-hybridized carbons (Fsp3) is 0.348. The second kappa shape index (κ2) is 15.4. The van der Waals surface area contributed by atoms with Crippen LogP contribution in [-0.2, 0) is 25.7 Å². The third-order valence-electron chi connectivity index (χ3n) is 12.0. The number of likely N-dealkylation sites (tertiary alicyclic amines) is 1. The average Bonchev–Trinajstić information content (AvgIpc) is 4.08. The number of imidazole rings is 2. The number of nitrogens with one attached hydrogen (secondary N) is 4. The summed E-state index contributed by atoms with van der Waals surface area (Å²) in [4.78, 5) is 74.2. The van der Waals surface area contributed by atoms with Gasteiger partial charge in [0.1, 0.15) is 29.8 Å². The molecule has 60 heavy (non-hydrogen) atoms. The third-order valence-corrected chi connectivity index (χ3v) is 13.2. The van der Waals surface area contributed by atoms with E-state index in [4.69, 9.17) is 14.7 Å². The highest BCUT2D eigenvalue weighted by Gasteiger charge is 2.41. The number of benzene rings is 4. The monoisotopic (exact) mass is 824 g/mol. The number of hydrogen-bond donors (Lipinski definition) is 4. The Morgan fingerprint density at radius 1 is 0.800 bits per heavy atom. The van der Waals surface area contributed by atoms with Crippen molar-refractivity contribution >= 4 is 78.1 Å². The molecule has 2 aliphatic rings.